The molecule has 0 N–H and O–H groups in total. The topological polar surface area (TPSA) is 17.1 Å². The van der Waals surface area contributed by atoms with Crippen molar-refractivity contribution >= 4 is 73.2 Å². The van der Waals surface area contributed by atoms with Crippen LogP contribution < -0.4 is 10.6 Å². The van der Waals surface area contributed by atoms with Crippen LogP contribution in [-0.2, 0) is 4.57 Å². The van der Waals surface area contributed by atoms with Crippen molar-refractivity contribution < 1.29 is 4.57 Å². The van der Waals surface area contributed by atoms with Gasteiger partial charge in [0.2, 0.25) is 0 Å². The van der Waals surface area contributed by atoms with Crippen molar-refractivity contribution in [3.05, 3.63) is 55.9 Å². The van der Waals surface area contributed by atoms with Crippen molar-refractivity contribution in [2.24, 2.45) is 0 Å². The summed E-state index contributed by atoms with van der Waals surface area (Å²) in [4.78, 5) is 7.97. The molecule has 1 nitrogen and oxygen atoms in total. The molecule has 0 aliphatic carbocycles. The Morgan fingerprint density at radius 2 is 1.33 bits per heavy atom. The quantitative estimate of drug-likeness (QED) is 0.228. The van der Waals surface area contributed by atoms with Crippen LogP contribution in [0, 0.1) is 27.7 Å². The van der Waals surface area contributed by atoms with Crippen molar-refractivity contribution in [3.63, 3.8) is 0 Å². The molecule has 0 fully saturated rings. The first-order chi connectivity index (χ1) is 14.4. The predicted octanol–water partition coefficient (Wildman–Crippen LogP) is 8.14. The average Bonchev–Trinajstić information content (AvgIpc) is 3.46. The fourth-order valence-corrected chi connectivity index (χ4v) is 11.9. The van der Waals surface area contributed by atoms with Gasteiger partial charge in [-0.25, -0.2) is 0 Å². The molecule has 4 aromatic heterocycles. The van der Waals surface area contributed by atoms with E-state index in [2.05, 4.69) is 52.0 Å². The Kier molecular flexibility index (Phi) is 4.32. The summed E-state index contributed by atoms with van der Waals surface area (Å²) >= 11 is 7.42. The molecular formula is C24H19OPS4. The SMILES string of the molecule is Cc1cc(-c2sc3c4c(sc3c2-c2cc(C)sc2C)-c2ccccc2[PH]4=O)c(C)s1. The maximum atomic E-state index is 13.5. The van der Waals surface area contributed by atoms with Gasteiger partial charge in [0, 0.05) is 56.6 Å². The predicted molar refractivity (Wildman–Crippen MR) is 139 cm³/mol. The fourth-order valence-electron chi connectivity index (χ4n) is 4.51. The summed E-state index contributed by atoms with van der Waals surface area (Å²) in [5.74, 6) is 0. The minimum atomic E-state index is -1.95. The van der Waals surface area contributed by atoms with Gasteiger partial charge in [-0.3, -0.25) is 0 Å². The van der Waals surface area contributed by atoms with Gasteiger partial charge in [0.05, 0.1) is 9.40 Å². The van der Waals surface area contributed by atoms with E-state index in [9.17, 15) is 4.57 Å². The molecule has 1 aliphatic rings. The molecule has 1 unspecified atom stereocenters. The Morgan fingerprint density at radius 1 is 0.700 bits per heavy atom. The average molecular weight is 483 g/mol. The minimum absolute atomic E-state index is 1.03. The van der Waals surface area contributed by atoms with Gasteiger partial charge in [-0.1, -0.05) is 24.3 Å². The van der Waals surface area contributed by atoms with Crippen molar-refractivity contribution in [3.8, 4) is 32.0 Å². The Hall–Kier alpha value is -1.49. The highest BCUT2D eigenvalue weighted by Crippen LogP contribution is 2.55. The molecule has 0 bridgehead atoms. The van der Waals surface area contributed by atoms with Gasteiger partial charge in [0.25, 0.3) is 0 Å². The van der Waals surface area contributed by atoms with Gasteiger partial charge in [-0.2, -0.15) is 0 Å². The molecule has 150 valence electrons. The molecule has 0 radical (unpaired) electrons. The number of fused-ring (bicyclic) bond motifs is 5. The molecule has 0 saturated heterocycles. The van der Waals surface area contributed by atoms with Crippen LogP contribution in [0.5, 0.6) is 0 Å². The van der Waals surface area contributed by atoms with E-state index >= 15 is 0 Å². The lowest BCUT2D eigenvalue weighted by atomic mass is 10.0. The van der Waals surface area contributed by atoms with E-state index in [0.717, 1.165) is 10.6 Å². The molecule has 1 aromatic carbocycles. The molecular weight excluding hydrogens is 464 g/mol. The van der Waals surface area contributed by atoms with Crippen molar-refractivity contribution in [2.45, 2.75) is 27.7 Å². The summed E-state index contributed by atoms with van der Waals surface area (Å²) in [7, 11) is -1.95. The third-order valence-electron chi connectivity index (χ3n) is 5.76. The van der Waals surface area contributed by atoms with Gasteiger partial charge in [-0.15, -0.1) is 45.3 Å². The second-order valence-corrected chi connectivity index (χ2v) is 14.5. The van der Waals surface area contributed by atoms with E-state index in [0.29, 0.717) is 0 Å². The Labute approximate surface area is 192 Å². The van der Waals surface area contributed by atoms with Gasteiger partial charge in [0.15, 0.2) is 0 Å². The first-order valence-corrected chi connectivity index (χ1v) is 14.5. The lowest BCUT2D eigenvalue weighted by Crippen LogP contribution is -1.96. The van der Waals surface area contributed by atoms with Crippen molar-refractivity contribution in [1.82, 2.24) is 0 Å². The molecule has 6 rings (SSSR count). The van der Waals surface area contributed by atoms with E-state index in [-0.39, 0.29) is 0 Å². The summed E-state index contributed by atoms with van der Waals surface area (Å²) in [5, 5.41) is 2.14. The highest BCUT2D eigenvalue weighted by molar-refractivity contribution is 7.66. The van der Waals surface area contributed by atoms with E-state index < -0.39 is 7.80 Å². The molecule has 30 heavy (non-hydrogen) atoms. The zero-order valence-corrected chi connectivity index (χ0v) is 21.3. The lowest BCUT2D eigenvalue weighted by Gasteiger charge is -2.04. The Balaban J connectivity index is 1.73. The van der Waals surface area contributed by atoms with Gasteiger partial charge < -0.3 is 4.57 Å². The summed E-state index contributed by atoms with van der Waals surface area (Å²) in [6.07, 6.45) is 0. The van der Waals surface area contributed by atoms with E-state index in [4.69, 9.17) is 0 Å². The number of hydrogen-bond donors (Lipinski definition) is 0. The zero-order valence-electron chi connectivity index (χ0n) is 17.0. The van der Waals surface area contributed by atoms with Crippen LogP contribution in [-0.4, -0.2) is 0 Å². The lowest BCUT2D eigenvalue weighted by molar-refractivity contribution is 0.598. The van der Waals surface area contributed by atoms with Gasteiger partial charge in [-0.05, 0) is 45.4 Å². The molecule has 0 saturated carbocycles. The summed E-state index contributed by atoms with van der Waals surface area (Å²) in [6, 6.07) is 12.9. The van der Waals surface area contributed by atoms with Crippen LogP contribution in [0.3, 0.4) is 0 Å². The summed E-state index contributed by atoms with van der Waals surface area (Å²) in [6.45, 7) is 8.82. The van der Waals surface area contributed by atoms with Crippen LogP contribution in [0.2, 0.25) is 0 Å². The molecule has 1 aliphatic heterocycles. The third kappa shape index (κ3) is 2.60. The molecule has 1 atom stereocenters. The molecule has 0 spiro atoms. The normalized spacial score (nSPS) is 15.1. The van der Waals surface area contributed by atoms with Crippen LogP contribution in [0.1, 0.15) is 19.5 Å². The maximum absolute atomic E-state index is 13.5. The highest BCUT2D eigenvalue weighted by atomic mass is 32.1. The van der Waals surface area contributed by atoms with E-state index in [1.54, 1.807) is 0 Å². The Morgan fingerprint density at radius 3 is 2.00 bits per heavy atom. The molecule has 6 heteroatoms. The van der Waals surface area contributed by atoms with Crippen LogP contribution >= 0.6 is 53.1 Å². The standard InChI is InChI=1S/C24H19OPS4/c1-11-9-16(13(3)27-11)19-21(17-10-12(2)28-14(17)4)29-24-20-22(30-23(19)24)15-7-5-6-8-18(15)26(20)25/h5-10,26H,1-4H3. The van der Waals surface area contributed by atoms with Gasteiger partial charge >= 0.3 is 0 Å². The number of aryl methyl sites for hydroxylation is 4. The van der Waals surface area contributed by atoms with Crippen molar-refractivity contribution in [2.75, 3.05) is 0 Å². The zero-order chi connectivity index (χ0) is 20.7. The van der Waals surface area contributed by atoms with Crippen LogP contribution in [0.25, 0.3) is 41.4 Å². The number of benzene rings is 1. The summed E-state index contributed by atoms with van der Waals surface area (Å²) in [5.41, 5.74) is 5.21. The molecule has 0 amide bonds. The second-order valence-electron chi connectivity index (χ2n) is 7.80. The van der Waals surface area contributed by atoms with Gasteiger partial charge in [0.1, 0.15) is 7.80 Å². The monoisotopic (exact) mass is 482 g/mol. The first kappa shape index (κ1) is 19.2. The second kappa shape index (κ2) is 6.75. The fraction of sp³-hybridized carbons (Fsp3) is 0.167. The first-order valence-electron chi connectivity index (χ1n) is 9.82. The number of thiophene rings is 4. The minimum Gasteiger partial charge on any atom is -0.317 e. The number of rotatable bonds is 2. The third-order valence-corrected chi connectivity index (χ3v) is 12.5. The Bertz CT molecular complexity index is 1510. The van der Waals surface area contributed by atoms with E-state index in [1.807, 2.05) is 57.5 Å². The number of hydrogen-bond acceptors (Lipinski definition) is 5. The van der Waals surface area contributed by atoms with Crippen LogP contribution in [0.15, 0.2) is 36.4 Å². The summed E-state index contributed by atoms with van der Waals surface area (Å²) < 4.78 is 16.1. The maximum Gasteiger partial charge on any atom is 0.135 e. The largest absolute Gasteiger partial charge is 0.317 e. The van der Waals surface area contributed by atoms with Crippen molar-refractivity contribution in [1.29, 1.82) is 0 Å². The smallest absolute Gasteiger partial charge is 0.135 e. The van der Waals surface area contributed by atoms with Crippen LogP contribution in [0.4, 0.5) is 0 Å². The molecule has 5 heterocycles. The highest BCUT2D eigenvalue weighted by Gasteiger charge is 2.33. The van der Waals surface area contributed by atoms with E-state index in [1.165, 1.54) is 60.9 Å². The molecule has 5 aromatic rings.